The first-order chi connectivity index (χ1) is 11.3. The lowest BCUT2D eigenvalue weighted by molar-refractivity contribution is -0.0446. The van der Waals surface area contributed by atoms with Gasteiger partial charge in [0.25, 0.3) is 0 Å². The summed E-state index contributed by atoms with van der Waals surface area (Å²) in [6, 6.07) is 7.72. The Hall–Kier alpha value is -2.11. The fourth-order valence-electron chi connectivity index (χ4n) is 2.48. The van der Waals surface area contributed by atoms with Gasteiger partial charge in [-0.3, -0.25) is 9.88 Å². The van der Waals surface area contributed by atoms with Gasteiger partial charge in [-0.1, -0.05) is 6.08 Å². The molecule has 0 bridgehead atoms. The monoisotopic (exact) mass is 314 g/mol. The van der Waals surface area contributed by atoms with Gasteiger partial charge in [-0.2, -0.15) is 0 Å². The normalized spacial score (nSPS) is 19.3. The van der Waals surface area contributed by atoms with Crippen LogP contribution >= 0.6 is 0 Å². The number of aromatic nitrogens is 1. The Morgan fingerprint density at radius 2 is 2.35 bits per heavy atom. The van der Waals surface area contributed by atoms with E-state index in [-0.39, 0.29) is 6.10 Å². The molecule has 0 saturated carbocycles. The molecule has 23 heavy (non-hydrogen) atoms. The maximum absolute atomic E-state index is 5.78. The number of rotatable bonds is 6. The molecule has 1 unspecified atom stereocenters. The van der Waals surface area contributed by atoms with Crippen molar-refractivity contribution < 1.29 is 13.9 Å². The maximum Gasteiger partial charge on any atom is 0.137 e. The predicted octanol–water partition coefficient (Wildman–Crippen LogP) is 2.78. The number of hydrogen-bond acceptors (Lipinski definition) is 5. The molecule has 0 aliphatic carbocycles. The van der Waals surface area contributed by atoms with Gasteiger partial charge >= 0.3 is 0 Å². The number of morpholine rings is 1. The van der Waals surface area contributed by atoms with Crippen molar-refractivity contribution in [2.24, 2.45) is 0 Å². The lowest BCUT2D eigenvalue weighted by Gasteiger charge is -2.32. The third-order valence-corrected chi connectivity index (χ3v) is 3.73. The number of aryl methyl sites for hydroxylation is 1. The highest BCUT2D eigenvalue weighted by molar-refractivity contribution is 5.42. The Balaban J connectivity index is 1.43. The van der Waals surface area contributed by atoms with E-state index in [1.807, 2.05) is 37.3 Å². The van der Waals surface area contributed by atoms with E-state index in [2.05, 4.69) is 16.0 Å². The van der Waals surface area contributed by atoms with Crippen LogP contribution in [0.3, 0.4) is 0 Å². The summed E-state index contributed by atoms with van der Waals surface area (Å²) in [4.78, 5) is 6.58. The van der Waals surface area contributed by atoms with Crippen molar-refractivity contribution >= 4 is 6.08 Å². The first-order valence-electron chi connectivity index (χ1n) is 7.89. The van der Waals surface area contributed by atoms with Crippen LogP contribution in [0, 0.1) is 6.92 Å². The molecule has 122 valence electrons. The van der Waals surface area contributed by atoms with Gasteiger partial charge in [0.1, 0.15) is 24.2 Å². The average molecular weight is 314 g/mol. The van der Waals surface area contributed by atoms with E-state index < -0.39 is 0 Å². The zero-order valence-electron chi connectivity index (χ0n) is 13.4. The van der Waals surface area contributed by atoms with Crippen molar-refractivity contribution in [1.82, 2.24) is 9.88 Å². The Labute approximate surface area is 136 Å². The molecular weight excluding hydrogens is 292 g/mol. The van der Waals surface area contributed by atoms with E-state index >= 15 is 0 Å². The summed E-state index contributed by atoms with van der Waals surface area (Å²) in [5.41, 5.74) is 0.987. The van der Waals surface area contributed by atoms with Crippen LogP contribution in [0.5, 0.6) is 5.75 Å². The van der Waals surface area contributed by atoms with Gasteiger partial charge in [0, 0.05) is 25.3 Å². The molecule has 2 aromatic heterocycles. The van der Waals surface area contributed by atoms with Crippen molar-refractivity contribution in [2.75, 3.05) is 32.8 Å². The Morgan fingerprint density at radius 3 is 3.13 bits per heavy atom. The lowest BCUT2D eigenvalue weighted by atomic mass is 10.2. The number of ether oxygens (including phenoxy) is 2. The fraction of sp³-hybridized carbons (Fsp3) is 0.389. The molecule has 3 rings (SSSR count). The predicted molar refractivity (Wildman–Crippen MR) is 88.4 cm³/mol. The summed E-state index contributed by atoms with van der Waals surface area (Å²) < 4.78 is 16.8. The molecule has 1 saturated heterocycles. The molecule has 1 aliphatic rings. The molecule has 5 nitrogen and oxygen atoms in total. The van der Waals surface area contributed by atoms with Crippen LogP contribution < -0.4 is 4.74 Å². The molecule has 1 aliphatic heterocycles. The minimum Gasteiger partial charge on any atom is -0.489 e. The zero-order valence-corrected chi connectivity index (χ0v) is 13.4. The van der Waals surface area contributed by atoms with E-state index in [9.17, 15) is 0 Å². The van der Waals surface area contributed by atoms with Crippen molar-refractivity contribution in [1.29, 1.82) is 0 Å². The van der Waals surface area contributed by atoms with Crippen molar-refractivity contribution in [2.45, 2.75) is 13.0 Å². The van der Waals surface area contributed by atoms with Crippen molar-refractivity contribution in [3.63, 3.8) is 0 Å². The highest BCUT2D eigenvalue weighted by Gasteiger charge is 2.20. The summed E-state index contributed by atoms with van der Waals surface area (Å²) >= 11 is 0. The third kappa shape index (κ3) is 4.94. The van der Waals surface area contributed by atoms with E-state index in [4.69, 9.17) is 13.9 Å². The summed E-state index contributed by atoms with van der Waals surface area (Å²) in [5.74, 6) is 1.67. The molecule has 0 radical (unpaired) electrons. The van der Waals surface area contributed by atoms with Crippen LogP contribution in [0.1, 0.15) is 11.5 Å². The van der Waals surface area contributed by atoms with Crippen LogP contribution in [0.2, 0.25) is 0 Å². The Kier molecular flexibility index (Phi) is 5.45. The first kappa shape index (κ1) is 15.8. The summed E-state index contributed by atoms with van der Waals surface area (Å²) in [6.07, 6.45) is 7.64. The smallest absolute Gasteiger partial charge is 0.137 e. The highest BCUT2D eigenvalue weighted by Crippen LogP contribution is 2.12. The standard InChI is InChI=1S/C18H22N2O3/c1-15-6-7-17(12-19-15)23-14-18-13-20(9-11-22-18)8-2-4-16-5-3-10-21-16/h2-7,10,12,18H,8-9,11,13-14H2,1H3/b4-2-. The van der Waals surface area contributed by atoms with Gasteiger partial charge in [0.2, 0.25) is 0 Å². The Bertz CT molecular complexity index is 608. The minimum atomic E-state index is 0.0852. The fourth-order valence-corrected chi connectivity index (χ4v) is 2.48. The number of nitrogens with zero attached hydrogens (tertiary/aromatic N) is 2. The number of pyridine rings is 1. The van der Waals surface area contributed by atoms with E-state index in [1.54, 1.807) is 12.5 Å². The zero-order chi connectivity index (χ0) is 15.9. The molecule has 0 spiro atoms. The molecule has 0 aromatic carbocycles. The third-order valence-electron chi connectivity index (χ3n) is 3.73. The van der Waals surface area contributed by atoms with Crippen LogP contribution in [0.25, 0.3) is 6.08 Å². The molecule has 1 atom stereocenters. The molecular formula is C18H22N2O3. The van der Waals surface area contributed by atoms with Gasteiger partial charge < -0.3 is 13.9 Å². The second-order valence-corrected chi connectivity index (χ2v) is 5.62. The molecule has 0 N–H and O–H groups in total. The summed E-state index contributed by atoms with van der Waals surface area (Å²) in [7, 11) is 0. The van der Waals surface area contributed by atoms with Gasteiger partial charge in [0.05, 0.1) is 19.1 Å². The molecule has 1 fully saturated rings. The average Bonchev–Trinajstić information content (AvgIpc) is 3.08. The van der Waals surface area contributed by atoms with Gasteiger partial charge in [-0.15, -0.1) is 0 Å². The van der Waals surface area contributed by atoms with Crippen LogP contribution in [-0.2, 0) is 4.74 Å². The molecule has 0 amide bonds. The van der Waals surface area contributed by atoms with E-state index in [0.29, 0.717) is 6.61 Å². The SMILES string of the molecule is Cc1ccc(OCC2CN(C/C=C\c3ccco3)CCO2)cn1. The molecule has 2 aromatic rings. The van der Waals surface area contributed by atoms with E-state index in [1.165, 1.54) is 0 Å². The maximum atomic E-state index is 5.78. The minimum absolute atomic E-state index is 0.0852. The van der Waals surface area contributed by atoms with Gasteiger partial charge in [-0.25, -0.2) is 0 Å². The largest absolute Gasteiger partial charge is 0.489 e. The van der Waals surface area contributed by atoms with Gasteiger partial charge in [-0.05, 0) is 37.3 Å². The second-order valence-electron chi connectivity index (χ2n) is 5.62. The van der Waals surface area contributed by atoms with Crippen LogP contribution in [0.4, 0.5) is 0 Å². The lowest BCUT2D eigenvalue weighted by Crippen LogP contribution is -2.44. The van der Waals surface area contributed by atoms with Crippen molar-refractivity contribution in [3.8, 4) is 5.75 Å². The summed E-state index contributed by atoms with van der Waals surface area (Å²) in [5, 5.41) is 0. The Morgan fingerprint density at radius 1 is 1.39 bits per heavy atom. The van der Waals surface area contributed by atoms with Crippen LogP contribution in [0.15, 0.2) is 47.2 Å². The van der Waals surface area contributed by atoms with Crippen molar-refractivity contribution in [3.05, 3.63) is 54.3 Å². The molecule has 5 heteroatoms. The topological polar surface area (TPSA) is 47.7 Å². The first-order valence-corrected chi connectivity index (χ1v) is 7.89. The number of furan rings is 1. The van der Waals surface area contributed by atoms with Gasteiger partial charge in [0.15, 0.2) is 0 Å². The second kappa shape index (κ2) is 7.94. The number of hydrogen-bond donors (Lipinski definition) is 0. The van der Waals surface area contributed by atoms with E-state index in [0.717, 1.165) is 43.4 Å². The van der Waals surface area contributed by atoms with Crippen LogP contribution in [-0.4, -0.2) is 48.8 Å². The highest BCUT2D eigenvalue weighted by atomic mass is 16.5. The molecule has 3 heterocycles. The quantitative estimate of drug-likeness (QED) is 0.820. The summed E-state index contributed by atoms with van der Waals surface area (Å²) in [6.45, 7) is 5.92.